The SMILES string of the molecule is NNc1snnc1COc1ccc(F)cc1Br. The Morgan fingerprint density at radius 1 is 1.53 bits per heavy atom. The molecule has 5 nitrogen and oxygen atoms in total. The van der Waals surface area contributed by atoms with Crippen LogP contribution in [-0.4, -0.2) is 9.59 Å². The van der Waals surface area contributed by atoms with Gasteiger partial charge in [0.2, 0.25) is 0 Å². The van der Waals surface area contributed by atoms with Gasteiger partial charge in [-0.05, 0) is 34.1 Å². The van der Waals surface area contributed by atoms with E-state index in [0.29, 0.717) is 20.9 Å². The number of halogens is 2. The maximum absolute atomic E-state index is 12.8. The van der Waals surface area contributed by atoms with Gasteiger partial charge in [0.1, 0.15) is 23.9 Å². The summed E-state index contributed by atoms with van der Waals surface area (Å²) in [6, 6.07) is 4.19. The Bertz CT molecular complexity index is 521. The van der Waals surface area contributed by atoms with Crippen molar-refractivity contribution in [1.29, 1.82) is 0 Å². The lowest BCUT2D eigenvalue weighted by Crippen LogP contribution is -2.08. The van der Waals surface area contributed by atoms with Crippen molar-refractivity contribution in [3.05, 3.63) is 34.2 Å². The van der Waals surface area contributed by atoms with Crippen LogP contribution in [0.1, 0.15) is 5.69 Å². The van der Waals surface area contributed by atoms with Crippen molar-refractivity contribution in [3.63, 3.8) is 0 Å². The molecule has 2 aromatic rings. The number of rotatable bonds is 4. The number of hydrogen-bond donors (Lipinski definition) is 2. The molecule has 3 N–H and O–H groups in total. The molecular weight excluding hydrogens is 311 g/mol. The van der Waals surface area contributed by atoms with Gasteiger partial charge in [-0.25, -0.2) is 10.2 Å². The summed E-state index contributed by atoms with van der Waals surface area (Å²) >= 11 is 4.35. The first kappa shape index (κ1) is 12.2. The van der Waals surface area contributed by atoms with Gasteiger partial charge in [-0.1, -0.05) is 4.49 Å². The second-order valence-corrected chi connectivity index (χ2v) is 4.66. The standard InChI is InChI=1S/C9H8BrFN4OS/c10-6-3-5(11)1-2-8(6)16-4-7-9(13-12)17-15-14-7/h1-3,13H,4,12H2. The molecule has 0 saturated carbocycles. The van der Waals surface area contributed by atoms with Gasteiger partial charge in [0.25, 0.3) is 0 Å². The first-order valence-electron chi connectivity index (χ1n) is 4.56. The number of nitrogens with zero attached hydrogens (tertiary/aromatic N) is 2. The quantitative estimate of drug-likeness (QED) is 0.668. The molecule has 1 aromatic carbocycles. The van der Waals surface area contributed by atoms with Crippen LogP contribution in [0.5, 0.6) is 5.75 Å². The molecule has 1 aromatic heterocycles. The Morgan fingerprint density at radius 3 is 3.06 bits per heavy atom. The predicted octanol–water partition coefficient (Wildman–Crippen LogP) is 2.30. The molecule has 0 spiro atoms. The van der Waals surface area contributed by atoms with E-state index in [4.69, 9.17) is 10.6 Å². The molecule has 90 valence electrons. The van der Waals surface area contributed by atoms with Crippen LogP contribution >= 0.6 is 27.5 Å². The van der Waals surface area contributed by atoms with Crippen LogP contribution in [0.3, 0.4) is 0 Å². The minimum atomic E-state index is -0.330. The van der Waals surface area contributed by atoms with Crippen LogP contribution in [0.4, 0.5) is 9.39 Å². The van der Waals surface area contributed by atoms with E-state index < -0.39 is 0 Å². The molecule has 8 heteroatoms. The lowest BCUT2D eigenvalue weighted by molar-refractivity contribution is 0.299. The zero-order chi connectivity index (χ0) is 12.3. The molecular formula is C9H8BrFN4OS. The molecule has 17 heavy (non-hydrogen) atoms. The molecule has 1 heterocycles. The molecule has 0 aliphatic carbocycles. The average molecular weight is 319 g/mol. The van der Waals surface area contributed by atoms with Crippen molar-refractivity contribution >= 4 is 32.5 Å². The number of anilines is 1. The van der Waals surface area contributed by atoms with Crippen LogP contribution in [-0.2, 0) is 6.61 Å². The van der Waals surface area contributed by atoms with Crippen LogP contribution in [0.25, 0.3) is 0 Å². The third-order valence-corrected chi connectivity index (χ3v) is 3.26. The maximum Gasteiger partial charge on any atom is 0.150 e. The summed E-state index contributed by atoms with van der Waals surface area (Å²) in [5.41, 5.74) is 3.08. The molecule has 2 rings (SSSR count). The van der Waals surface area contributed by atoms with Gasteiger partial charge in [0.05, 0.1) is 4.47 Å². The van der Waals surface area contributed by atoms with E-state index in [9.17, 15) is 4.39 Å². The van der Waals surface area contributed by atoms with Crippen molar-refractivity contribution in [2.75, 3.05) is 5.43 Å². The first-order chi connectivity index (χ1) is 8.20. The lowest BCUT2D eigenvalue weighted by Gasteiger charge is -2.07. The zero-order valence-corrected chi connectivity index (χ0v) is 10.9. The summed E-state index contributed by atoms with van der Waals surface area (Å²) in [5.74, 6) is 5.48. The van der Waals surface area contributed by atoms with E-state index in [1.54, 1.807) is 0 Å². The molecule has 0 radical (unpaired) electrons. The second-order valence-electron chi connectivity index (χ2n) is 3.06. The highest BCUT2D eigenvalue weighted by molar-refractivity contribution is 9.10. The number of benzene rings is 1. The van der Waals surface area contributed by atoms with Gasteiger partial charge in [0, 0.05) is 11.5 Å². The van der Waals surface area contributed by atoms with Crippen molar-refractivity contribution in [1.82, 2.24) is 9.59 Å². The number of nitrogen functional groups attached to an aromatic ring is 1. The van der Waals surface area contributed by atoms with Gasteiger partial charge in [-0.2, -0.15) is 0 Å². The van der Waals surface area contributed by atoms with Gasteiger partial charge >= 0.3 is 0 Å². The minimum Gasteiger partial charge on any atom is -0.486 e. The Morgan fingerprint density at radius 2 is 2.35 bits per heavy atom. The summed E-state index contributed by atoms with van der Waals surface area (Å²) in [4.78, 5) is 0. The number of ether oxygens (including phenoxy) is 1. The lowest BCUT2D eigenvalue weighted by atomic mass is 10.3. The van der Waals surface area contributed by atoms with E-state index in [1.165, 1.54) is 18.2 Å². The fraction of sp³-hybridized carbons (Fsp3) is 0.111. The number of hydrazine groups is 1. The number of aromatic nitrogens is 2. The van der Waals surface area contributed by atoms with E-state index in [-0.39, 0.29) is 12.4 Å². The molecule has 0 amide bonds. The number of nitrogens with two attached hydrogens (primary N) is 1. The van der Waals surface area contributed by atoms with E-state index >= 15 is 0 Å². The van der Waals surface area contributed by atoms with Gasteiger partial charge in [-0.3, -0.25) is 0 Å². The molecule has 0 atom stereocenters. The topological polar surface area (TPSA) is 73.1 Å². The van der Waals surface area contributed by atoms with Crippen molar-refractivity contribution < 1.29 is 9.13 Å². The Balaban J connectivity index is 2.07. The molecule has 0 aliphatic rings. The largest absolute Gasteiger partial charge is 0.486 e. The fourth-order valence-corrected chi connectivity index (χ4v) is 2.10. The van der Waals surface area contributed by atoms with Crippen molar-refractivity contribution in [2.45, 2.75) is 6.61 Å². The summed E-state index contributed by atoms with van der Waals surface area (Å²) in [7, 11) is 0. The normalized spacial score (nSPS) is 10.3. The average Bonchev–Trinajstić information content (AvgIpc) is 2.75. The van der Waals surface area contributed by atoms with E-state index in [0.717, 1.165) is 11.5 Å². The highest BCUT2D eigenvalue weighted by Gasteiger charge is 2.09. The van der Waals surface area contributed by atoms with Gasteiger partial charge in [0.15, 0.2) is 5.00 Å². The fourth-order valence-electron chi connectivity index (χ4n) is 1.15. The van der Waals surface area contributed by atoms with Gasteiger partial charge < -0.3 is 10.2 Å². The zero-order valence-electron chi connectivity index (χ0n) is 8.48. The summed E-state index contributed by atoms with van der Waals surface area (Å²) in [5, 5.41) is 4.50. The molecule has 0 fully saturated rings. The maximum atomic E-state index is 12.8. The number of nitrogens with one attached hydrogen (secondary N) is 1. The highest BCUT2D eigenvalue weighted by atomic mass is 79.9. The monoisotopic (exact) mass is 318 g/mol. The number of hydrogen-bond acceptors (Lipinski definition) is 6. The van der Waals surface area contributed by atoms with Crippen LogP contribution in [0.15, 0.2) is 22.7 Å². The van der Waals surface area contributed by atoms with E-state index in [2.05, 4.69) is 30.9 Å². The van der Waals surface area contributed by atoms with Crippen molar-refractivity contribution in [2.24, 2.45) is 5.84 Å². The third-order valence-electron chi connectivity index (χ3n) is 1.95. The first-order valence-corrected chi connectivity index (χ1v) is 6.13. The van der Waals surface area contributed by atoms with Crippen LogP contribution in [0.2, 0.25) is 0 Å². The van der Waals surface area contributed by atoms with Crippen LogP contribution < -0.4 is 16.0 Å². The molecule has 0 saturated heterocycles. The smallest absolute Gasteiger partial charge is 0.150 e. The third kappa shape index (κ3) is 2.90. The Labute approximate surface area is 109 Å². The second kappa shape index (κ2) is 5.39. The predicted molar refractivity (Wildman–Crippen MR) is 66.2 cm³/mol. The Hall–Kier alpha value is -1.25. The minimum absolute atomic E-state index is 0.209. The van der Waals surface area contributed by atoms with Crippen LogP contribution in [0, 0.1) is 5.82 Å². The van der Waals surface area contributed by atoms with E-state index in [1.807, 2.05) is 0 Å². The molecule has 0 bridgehead atoms. The summed E-state index contributed by atoms with van der Waals surface area (Å²) in [6.45, 7) is 0.209. The molecule has 0 unspecified atom stereocenters. The van der Waals surface area contributed by atoms with Crippen molar-refractivity contribution in [3.8, 4) is 5.75 Å². The highest BCUT2D eigenvalue weighted by Crippen LogP contribution is 2.27. The Kier molecular flexibility index (Phi) is 3.87. The van der Waals surface area contributed by atoms with Gasteiger partial charge in [-0.15, -0.1) is 5.10 Å². The molecule has 0 aliphatic heterocycles. The summed E-state index contributed by atoms with van der Waals surface area (Å²) in [6.07, 6.45) is 0. The summed E-state index contributed by atoms with van der Waals surface area (Å²) < 4.78 is 22.6.